The Hall–Kier alpha value is -8.87. The lowest BCUT2D eigenvalue weighted by atomic mass is 10.0. The van der Waals surface area contributed by atoms with Crippen molar-refractivity contribution in [1.29, 1.82) is 0 Å². The number of H-pyrrole nitrogens is 2. The fourth-order valence-electron chi connectivity index (χ4n) is 8.26. The maximum atomic E-state index is 14.7. The number of imidazole rings is 1. The number of aromatic nitrogens is 3. The van der Waals surface area contributed by atoms with E-state index in [-0.39, 0.29) is 75.5 Å². The number of nitrogens with two attached hydrogens (primary N) is 4. The van der Waals surface area contributed by atoms with Crippen LogP contribution in [0.4, 0.5) is 4.79 Å². The van der Waals surface area contributed by atoms with Crippen LogP contribution in [0, 0.1) is 0 Å². The van der Waals surface area contributed by atoms with Crippen LogP contribution in [0.25, 0.3) is 10.9 Å². The smallest absolute Gasteiger partial charge is 0.312 e. The second-order valence-electron chi connectivity index (χ2n) is 18.8. The van der Waals surface area contributed by atoms with Crippen molar-refractivity contribution in [2.75, 3.05) is 24.6 Å². The van der Waals surface area contributed by atoms with Gasteiger partial charge >= 0.3 is 12.0 Å². The lowest BCUT2D eigenvalue weighted by molar-refractivity contribution is -0.138. The first-order chi connectivity index (χ1) is 39.1. The topological polar surface area (TPSA) is 477 Å². The van der Waals surface area contributed by atoms with Crippen LogP contribution >= 0.6 is 25.3 Å². The molecule has 2 heterocycles. The number of aliphatic carboxylic acids is 1. The molecule has 0 radical (unpaired) electrons. The normalized spacial score (nSPS) is 13.8. The Morgan fingerprint density at radius 3 is 1.63 bits per heavy atom. The minimum Gasteiger partial charge on any atom is -0.481 e. The summed E-state index contributed by atoms with van der Waals surface area (Å²) in [7, 11) is 0. The van der Waals surface area contributed by atoms with Gasteiger partial charge in [-0.1, -0.05) is 48.5 Å². The van der Waals surface area contributed by atoms with Gasteiger partial charge in [0, 0.05) is 86.2 Å². The number of nitrogens with zero attached hydrogens (tertiary/aromatic N) is 2. The van der Waals surface area contributed by atoms with Gasteiger partial charge in [-0.15, -0.1) is 0 Å². The maximum Gasteiger partial charge on any atom is 0.312 e. The summed E-state index contributed by atoms with van der Waals surface area (Å²) in [6.45, 7) is 1.24. The van der Waals surface area contributed by atoms with E-state index in [4.69, 9.17) is 22.9 Å². The fourth-order valence-corrected chi connectivity index (χ4v) is 8.79. The number of urea groups is 1. The Morgan fingerprint density at radius 2 is 1.09 bits per heavy atom. The molecule has 0 saturated heterocycles. The Morgan fingerprint density at radius 1 is 0.585 bits per heavy atom. The van der Waals surface area contributed by atoms with Crippen molar-refractivity contribution >= 4 is 107 Å². The van der Waals surface area contributed by atoms with Gasteiger partial charge in [0.25, 0.3) is 0 Å². The van der Waals surface area contributed by atoms with E-state index < -0.39 is 126 Å². The predicted molar refractivity (Wildman–Crippen MR) is 306 cm³/mol. The highest BCUT2D eigenvalue weighted by atomic mass is 32.1. The largest absolute Gasteiger partial charge is 0.481 e. The molecular formula is C51H71N17O12S2. The van der Waals surface area contributed by atoms with E-state index in [0.29, 0.717) is 16.8 Å². The molecule has 0 unspecified atom stereocenters. The zero-order chi connectivity index (χ0) is 60.3. The van der Waals surface area contributed by atoms with E-state index in [2.05, 4.69) is 93.1 Å². The van der Waals surface area contributed by atoms with Crippen LogP contribution in [0.3, 0.4) is 0 Å². The maximum absolute atomic E-state index is 14.7. The van der Waals surface area contributed by atoms with Crippen LogP contribution < -0.4 is 70.8 Å². The van der Waals surface area contributed by atoms with Gasteiger partial charge in [-0.3, -0.25) is 52.9 Å². The van der Waals surface area contributed by atoms with Crippen molar-refractivity contribution < 1.29 is 57.8 Å². The zero-order valence-corrected chi connectivity index (χ0v) is 46.6. The van der Waals surface area contributed by atoms with Crippen molar-refractivity contribution in [2.45, 2.75) is 113 Å². The number of guanidine groups is 1. The van der Waals surface area contributed by atoms with E-state index in [1.807, 2.05) is 12.1 Å². The van der Waals surface area contributed by atoms with E-state index in [9.17, 15) is 57.8 Å². The number of rotatable bonds is 35. The number of nitrogens with one attached hydrogen (secondary N) is 11. The molecule has 0 saturated carbocycles. The molecule has 0 fully saturated rings. The molecule has 0 aliphatic carbocycles. The second-order valence-corrected chi connectivity index (χ2v) is 19.5. The van der Waals surface area contributed by atoms with Crippen LogP contribution in [0.2, 0.25) is 0 Å². The van der Waals surface area contributed by atoms with Gasteiger partial charge in [-0.2, -0.15) is 25.3 Å². The van der Waals surface area contributed by atoms with Crippen molar-refractivity contribution in [3.63, 3.8) is 0 Å². The molecule has 2 aromatic heterocycles. The highest BCUT2D eigenvalue weighted by molar-refractivity contribution is 7.80. The van der Waals surface area contributed by atoms with Gasteiger partial charge in [0.1, 0.15) is 48.3 Å². The molecule has 11 amide bonds. The Labute approximate surface area is 481 Å². The summed E-state index contributed by atoms with van der Waals surface area (Å²) in [5.41, 5.74) is 24.0. The molecule has 0 aliphatic rings. The summed E-state index contributed by atoms with van der Waals surface area (Å²) in [4.78, 5) is 160. The number of primary amides is 2. The Balaban J connectivity index is 1.65. The number of aromatic amines is 2. The number of amides is 11. The molecule has 0 bridgehead atoms. The van der Waals surface area contributed by atoms with Crippen LogP contribution in [0.5, 0.6) is 0 Å². The van der Waals surface area contributed by atoms with Crippen molar-refractivity contribution in [1.82, 2.24) is 62.8 Å². The lowest BCUT2D eigenvalue weighted by Gasteiger charge is -2.28. The third-order valence-corrected chi connectivity index (χ3v) is 13.2. The summed E-state index contributed by atoms with van der Waals surface area (Å²) >= 11 is 8.34. The monoisotopic (exact) mass is 1180 g/mol. The first-order valence-electron chi connectivity index (χ1n) is 25.9. The van der Waals surface area contributed by atoms with E-state index >= 15 is 0 Å². The molecule has 4 rings (SSSR count). The number of carboxylic acids is 1. The highest BCUT2D eigenvalue weighted by Crippen LogP contribution is 2.20. The summed E-state index contributed by atoms with van der Waals surface area (Å²) in [5, 5.41) is 33.3. The number of para-hydroxylation sites is 1. The molecule has 0 spiro atoms. The third-order valence-electron chi connectivity index (χ3n) is 12.4. The highest BCUT2D eigenvalue weighted by Gasteiger charge is 2.35. The quantitative estimate of drug-likeness (QED) is 0.00921. The summed E-state index contributed by atoms with van der Waals surface area (Å²) in [6, 6.07) is 3.48. The minimum atomic E-state index is -1.66. The molecule has 444 valence electrons. The molecular weight excluding hydrogens is 1110 g/mol. The molecule has 4 aromatic rings. The van der Waals surface area contributed by atoms with Gasteiger partial charge in [0.05, 0.1) is 6.33 Å². The number of carboxylic acid groups (broad SMARTS) is 1. The number of hydrogen-bond acceptors (Lipinski definition) is 15. The van der Waals surface area contributed by atoms with Gasteiger partial charge in [-0.05, 0) is 49.3 Å². The van der Waals surface area contributed by atoms with Crippen LogP contribution in [-0.4, -0.2) is 164 Å². The molecule has 20 N–H and O–H groups in total. The average molecular weight is 1180 g/mol. The molecule has 31 heteroatoms. The molecule has 2 aromatic carbocycles. The van der Waals surface area contributed by atoms with Gasteiger partial charge in [0.15, 0.2) is 5.96 Å². The first-order valence-corrected chi connectivity index (χ1v) is 27.1. The van der Waals surface area contributed by atoms with Crippen molar-refractivity contribution in [3.8, 4) is 0 Å². The number of fused-ring (bicyclic) bond motifs is 1. The fraction of sp³-hybridized carbons (Fsp3) is 0.431. The van der Waals surface area contributed by atoms with E-state index in [1.54, 1.807) is 48.7 Å². The number of hydrogen-bond donors (Lipinski definition) is 18. The van der Waals surface area contributed by atoms with Gasteiger partial charge in [-0.25, -0.2) is 9.78 Å². The number of aliphatic imine (C=N–C) groups is 1. The van der Waals surface area contributed by atoms with Crippen molar-refractivity contribution in [3.05, 3.63) is 90.1 Å². The molecule has 82 heavy (non-hydrogen) atoms. The number of carbonyl (C=O) groups excluding carboxylic acids is 10. The third kappa shape index (κ3) is 22.3. The minimum absolute atomic E-state index is 0.00641. The number of thiol groups is 2. The van der Waals surface area contributed by atoms with Gasteiger partial charge in [0.2, 0.25) is 53.2 Å². The summed E-state index contributed by atoms with van der Waals surface area (Å²) in [6.07, 6.45) is 2.76. The Kier molecular flexibility index (Phi) is 26.9. The van der Waals surface area contributed by atoms with Crippen LogP contribution in [0.15, 0.2) is 78.3 Å². The Bertz CT molecular complexity index is 2870. The lowest BCUT2D eigenvalue weighted by Crippen LogP contribution is -2.61. The van der Waals surface area contributed by atoms with E-state index in [1.165, 1.54) is 12.5 Å². The molecule has 8 atom stereocenters. The van der Waals surface area contributed by atoms with Crippen LogP contribution in [0.1, 0.15) is 62.3 Å². The molecule has 29 nitrogen and oxygen atoms in total. The standard InChI is InChI=1S/C51H71N17O12S2/c1-27(69)61-33(13-8-18-58-51(55)80)43(73)68-40(25-82)49(79)63-35(15-16-41(70)71)45(75)66-38(21-30-23-56-26-60-30)48(78)64-36(19-28-9-3-2-4-10-28)46(76)62-34(14-7-17-57-50(53)54)44(74)65-37(47(77)67-39(24-81)42(52)72)20-29-22-59-32-12-6-5-11-31(29)32/h2-6,9-12,22-23,26,33-40,59,81-82H,7-8,13-21,24-25H2,1H3,(H2,52,72)(H,56,60)(H,61,69)(H,62,76)(H,63,79)(H,64,78)(H,65,74)(H,66,75)(H,67,77)(H,68,73)(H,70,71)(H4,53,54,57)(H3,55,58,80)/t33-,34-,35-,36+,37-,38-,39-,40-/m0/s1. The number of carbonyl (C=O) groups is 11. The molecule has 0 aliphatic heterocycles. The number of benzene rings is 2. The average Bonchev–Trinajstić information content (AvgIpc) is 4.31. The zero-order valence-electron chi connectivity index (χ0n) is 44.8. The van der Waals surface area contributed by atoms with Gasteiger partial charge < -0.3 is 85.9 Å². The second kappa shape index (κ2) is 33.7. The summed E-state index contributed by atoms with van der Waals surface area (Å²) in [5.74, 6) is -9.94. The first kappa shape index (κ1) is 65.6. The van der Waals surface area contributed by atoms with E-state index in [0.717, 1.165) is 17.8 Å². The predicted octanol–water partition coefficient (Wildman–Crippen LogP) is -3.47. The van der Waals surface area contributed by atoms with Crippen LogP contribution in [-0.2, 0) is 67.2 Å². The van der Waals surface area contributed by atoms with Crippen molar-refractivity contribution in [2.24, 2.45) is 27.9 Å². The SMILES string of the molecule is CC(=O)N[C@@H](CCCNC(N)=O)C(=O)N[C@@H](CS)C(=O)N[C@@H](CCC(=O)O)C(=O)N[C@@H](Cc1cnc[nH]1)C(=O)N[C@H](Cc1ccccc1)C(=O)N[C@@H](CCCN=C(N)N)C(=O)N[C@@H](Cc1c[nH]c2ccccc12)C(=O)N[C@@H](CS)C(N)=O. The summed E-state index contributed by atoms with van der Waals surface area (Å²) < 4.78 is 0.